The van der Waals surface area contributed by atoms with E-state index in [-0.39, 0.29) is 28.4 Å². The van der Waals surface area contributed by atoms with Gasteiger partial charge in [0, 0.05) is 68.0 Å². The van der Waals surface area contributed by atoms with Crippen LogP contribution in [0.4, 0.5) is 18.0 Å². The summed E-state index contributed by atoms with van der Waals surface area (Å²) in [6.45, 7) is 12.2. The summed E-state index contributed by atoms with van der Waals surface area (Å²) in [5.74, 6) is -0.0191. The highest BCUT2D eigenvalue weighted by atomic mass is 19.4. The van der Waals surface area contributed by atoms with Crippen LogP contribution in [0.1, 0.15) is 51.3 Å². The van der Waals surface area contributed by atoms with Crippen LogP contribution in [-0.4, -0.2) is 84.3 Å². The van der Waals surface area contributed by atoms with Crippen molar-refractivity contribution in [2.75, 3.05) is 39.3 Å². The Hall–Kier alpha value is -2.63. The molecule has 1 aliphatic carbocycles. The molecule has 2 aromatic rings. The topological polar surface area (TPSA) is 75.3 Å². The van der Waals surface area contributed by atoms with Gasteiger partial charge in [-0.05, 0) is 33.6 Å². The Labute approximate surface area is 201 Å². The van der Waals surface area contributed by atoms with E-state index in [0.717, 1.165) is 51.4 Å². The van der Waals surface area contributed by atoms with Gasteiger partial charge in [0.25, 0.3) is 5.82 Å². The maximum absolute atomic E-state index is 12.9. The van der Waals surface area contributed by atoms with Gasteiger partial charge in [-0.1, -0.05) is 0 Å². The summed E-state index contributed by atoms with van der Waals surface area (Å²) in [6, 6.07) is 0.0181. The zero-order chi connectivity index (χ0) is 24.8. The summed E-state index contributed by atoms with van der Waals surface area (Å²) in [4.78, 5) is 27.0. The molecule has 35 heavy (non-hydrogen) atoms. The molecule has 9 nitrogen and oxygen atoms in total. The number of rotatable bonds is 3. The highest BCUT2D eigenvalue weighted by Gasteiger charge is 2.58. The predicted octanol–water partition coefficient (Wildman–Crippen LogP) is 2.82. The van der Waals surface area contributed by atoms with Crippen LogP contribution in [0.15, 0.2) is 18.7 Å². The molecule has 2 spiro atoms. The molecule has 2 aromatic heterocycles. The monoisotopic (exact) mass is 492 g/mol. The number of carbonyl (C=O) groups is 1. The Morgan fingerprint density at radius 1 is 1.00 bits per heavy atom. The largest absolute Gasteiger partial charge is 0.453 e. The molecule has 0 aromatic carbocycles. The fourth-order valence-electron chi connectivity index (χ4n) is 6.44. The molecule has 6 rings (SSSR count). The van der Waals surface area contributed by atoms with Gasteiger partial charge in [-0.15, -0.1) is 5.10 Å². The molecule has 0 radical (unpaired) electrons. The quantitative estimate of drug-likeness (QED) is 0.659. The minimum Gasteiger partial charge on any atom is -0.329 e. The summed E-state index contributed by atoms with van der Waals surface area (Å²) < 4.78 is 41.7. The fraction of sp³-hybridized carbons (Fsp3) is 0.739. The first-order valence-corrected chi connectivity index (χ1v) is 12.1. The van der Waals surface area contributed by atoms with Crippen molar-refractivity contribution in [3.63, 3.8) is 0 Å². The van der Waals surface area contributed by atoms with Crippen molar-refractivity contribution in [1.82, 2.24) is 39.0 Å². The molecule has 2 amide bonds. The first-order valence-electron chi connectivity index (χ1n) is 12.1. The van der Waals surface area contributed by atoms with Crippen LogP contribution in [-0.2, 0) is 18.3 Å². The van der Waals surface area contributed by atoms with Crippen LogP contribution in [0.3, 0.4) is 0 Å². The number of imidazole rings is 1. The number of amides is 2. The molecule has 0 bridgehead atoms. The zero-order valence-electron chi connectivity index (χ0n) is 20.3. The SMILES string of the molecule is CC(C)(C)n1ccnc1CN1CC2(C1)CN(C(=O)N1CC3(CC(n4cnc(C(F)(F)F)n4)C3)C1)C2. The second kappa shape index (κ2) is 7.21. The third-order valence-electron chi connectivity index (χ3n) is 8.04. The smallest absolute Gasteiger partial charge is 0.329 e. The zero-order valence-corrected chi connectivity index (χ0v) is 20.3. The van der Waals surface area contributed by atoms with E-state index in [4.69, 9.17) is 0 Å². The molecule has 0 unspecified atom stereocenters. The highest BCUT2D eigenvalue weighted by Crippen LogP contribution is 2.54. The van der Waals surface area contributed by atoms with Gasteiger partial charge in [0.05, 0.1) is 12.6 Å². The molecular formula is C23H31F3N8O. The molecule has 0 N–H and O–H groups in total. The Morgan fingerprint density at radius 3 is 2.20 bits per heavy atom. The Bertz CT molecular complexity index is 1120. The molecular weight excluding hydrogens is 461 g/mol. The summed E-state index contributed by atoms with van der Waals surface area (Å²) >= 11 is 0. The van der Waals surface area contributed by atoms with Gasteiger partial charge in [-0.2, -0.15) is 13.2 Å². The van der Waals surface area contributed by atoms with Crippen LogP contribution in [0.5, 0.6) is 0 Å². The summed E-state index contributed by atoms with van der Waals surface area (Å²) in [5.41, 5.74) is 0.238. The minimum absolute atomic E-state index is 0.00436. The van der Waals surface area contributed by atoms with Crippen LogP contribution >= 0.6 is 0 Å². The van der Waals surface area contributed by atoms with E-state index in [1.165, 1.54) is 11.0 Å². The highest BCUT2D eigenvalue weighted by molar-refractivity contribution is 5.77. The lowest BCUT2D eigenvalue weighted by Crippen LogP contribution is -2.75. The van der Waals surface area contributed by atoms with Crippen molar-refractivity contribution in [3.05, 3.63) is 30.4 Å². The molecule has 5 heterocycles. The lowest BCUT2D eigenvalue weighted by Gasteiger charge is -2.63. The number of halogens is 3. The van der Waals surface area contributed by atoms with Gasteiger partial charge in [0.2, 0.25) is 0 Å². The lowest BCUT2D eigenvalue weighted by molar-refractivity contribution is -0.145. The number of urea groups is 1. The van der Waals surface area contributed by atoms with Crippen molar-refractivity contribution in [2.24, 2.45) is 10.8 Å². The van der Waals surface area contributed by atoms with Gasteiger partial charge in [-0.25, -0.2) is 19.4 Å². The van der Waals surface area contributed by atoms with Gasteiger partial charge < -0.3 is 14.4 Å². The van der Waals surface area contributed by atoms with Crippen LogP contribution in [0.2, 0.25) is 0 Å². The van der Waals surface area contributed by atoms with Crippen LogP contribution in [0, 0.1) is 10.8 Å². The Balaban J connectivity index is 0.939. The van der Waals surface area contributed by atoms with E-state index < -0.39 is 12.0 Å². The summed E-state index contributed by atoms with van der Waals surface area (Å²) in [6.07, 6.45) is 2.01. The summed E-state index contributed by atoms with van der Waals surface area (Å²) in [7, 11) is 0. The van der Waals surface area contributed by atoms with E-state index in [9.17, 15) is 18.0 Å². The average Bonchev–Trinajstić information content (AvgIpc) is 3.28. The fourth-order valence-corrected chi connectivity index (χ4v) is 6.44. The third kappa shape index (κ3) is 3.80. The minimum atomic E-state index is -4.52. The van der Waals surface area contributed by atoms with Crippen molar-refractivity contribution < 1.29 is 18.0 Å². The molecule has 1 saturated carbocycles. The maximum Gasteiger partial charge on any atom is 0.453 e. The van der Waals surface area contributed by atoms with E-state index >= 15 is 0 Å². The van der Waals surface area contributed by atoms with Crippen LogP contribution in [0.25, 0.3) is 0 Å². The first kappa shape index (κ1) is 22.8. The van der Waals surface area contributed by atoms with Crippen molar-refractivity contribution in [2.45, 2.75) is 57.9 Å². The number of aromatic nitrogens is 5. The first-order chi connectivity index (χ1) is 16.3. The standard InChI is InChI=1S/C23H31F3N8O/c1-20(2,3)33-5-4-27-17(33)8-30-9-22(10-30)13-32(14-22)19(35)31-11-21(12-31)6-16(7-21)34-15-28-18(29-34)23(24,25)26/h4-5,15-16H,6-14H2,1-3H3. The second-order valence-corrected chi connectivity index (χ2v) is 12.1. The molecule has 4 aliphatic rings. The average molecular weight is 493 g/mol. The Morgan fingerprint density at radius 2 is 1.63 bits per heavy atom. The van der Waals surface area contributed by atoms with Gasteiger partial charge >= 0.3 is 12.2 Å². The predicted molar refractivity (Wildman–Crippen MR) is 119 cm³/mol. The molecule has 3 aliphatic heterocycles. The van der Waals surface area contributed by atoms with E-state index in [1.54, 1.807) is 0 Å². The molecule has 12 heteroatoms. The number of likely N-dealkylation sites (tertiary alicyclic amines) is 3. The second-order valence-electron chi connectivity index (χ2n) is 12.1. The summed E-state index contributed by atoms with van der Waals surface area (Å²) in [5, 5.41) is 3.59. The number of nitrogens with zero attached hydrogens (tertiary/aromatic N) is 8. The van der Waals surface area contributed by atoms with Gasteiger partial charge in [-0.3, -0.25) is 4.90 Å². The molecule has 4 fully saturated rings. The Kier molecular flexibility index (Phi) is 4.70. The van der Waals surface area contributed by atoms with Gasteiger partial charge in [0.15, 0.2) is 0 Å². The number of alkyl halides is 3. The number of carbonyl (C=O) groups excluding carboxylic acids is 1. The number of hydrogen-bond donors (Lipinski definition) is 0. The lowest BCUT2D eigenvalue weighted by atomic mass is 9.60. The molecule has 3 saturated heterocycles. The van der Waals surface area contributed by atoms with E-state index in [2.05, 4.69) is 45.3 Å². The van der Waals surface area contributed by atoms with Gasteiger partial charge in [0.1, 0.15) is 12.2 Å². The normalized spacial score (nSPS) is 23.7. The van der Waals surface area contributed by atoms with E-state index in [1.807, 2.05) is 22.2 Å². The van der Waals surface area contributed by atoms with Crippen molar-refractivity contribution in [3.8, 4) is 0 Å². The number of hydrogen-bond acceptors (Lipinski definition) is 5. The van der Waals surface area contributed by atoms with E-state index in [0.29, 0.717) is 13.1 Å². The van der Waals surface area contributed by atoms with Crippen molar-refractivity contribution >= 4 is 6.03 Å². The maximum atomic E-state index is 12.9. The molecule has 190 valence electrons. The molecule has 0 atom stereocenters. The van der Waals surface area contributed by atoms with Crippen molar-refractivity contribution in [1.29, 1.82) is 0 Å². The van der Waals surface area contributed by atoms with Crippen LogP contribution < -0.4 is 0 Å². The third-order valence-corrected chi connectivity index (χ3v) is 8.04.